The summed E-state index contributed by atoms with van der Waals surface area (Å²) in [6.45, 7) is 0.302. The molecule has 2 N–H and O–H groups in total. The van der Waals surface area contributed by atoms with Crippen molar-refractivity contribution in [2.45, 2.75) is 31.8 Å². The minimum Gasteiger partial charge on any atom is -0.391 e. The minimum atomic E-state index is -0.475. The topological polar surface area (TPSA) is 92.7 Å². The Morgan fingerprint density at radius 3 is 3.05 bits per heavy atom. The van der Waals surface area contributed by atoms with Crippen LogP contribution in [0.2, 0.25) is 0 Å². The van der Waals surface area contributed by atoms with Gasteiger partial charge in [0.1, 0.15) is 6.20 Å². The highest BCUT2D eigenvalue weighted by Gasteiger charge is 2.26. The quantitative estimate of drug-likeness (QED) is 0.652. The van der Waals surface area contributed by atoms with Crippen molar-refractivity contribution in [3.63, 3.8) is 0 Å². The lowest BCUT2D eigenvalue weighted by atomic mass is 10.0. The molecule has 1 unspecified atom stereocenters. The van der Waals surface area contributed by atoms with Gasteiger partial charge in [0.25, 0.3) is 4.96 Å². The number of anilines is 1. The number of hydrogen-bond donors (Lipinski definition) is 2. The van der Waals surface area contributed by atoms with E-state index in [1.807, 2.05) is 0 Å². The van der Waals surface area contributed by atoms with Crippen molar-refractivity contribution < 1.29 is 10.0 Å². The number of aliphatic hydroxyl groups excluding tert-OH is 1. The van der Waals surface area contributed by atoms with Gasteiger partial charge in [-0.3, -0.25) is 0 Å². The second-order valence-electron chi connectivity index (χ2n) is 5.09. The van der Waals surface area contributed by atoms with Crippen LogP contribution >= 0.6 is 11.3 Å². The van der Waals surface area contributed by atoms with Crippen LogP contribution in [-0.2, 0) is 0 Å². The third-order valence-corrected chi connectivity index (χ3v) is 4.59. The highest BCUT2D eigenvalue weighted by atomic mass is 32.1. The van der Waals surface area contributed by atoms with Gasteiger partial charge < -0.3 is 20.5 Å². The van der Waals surface area contributed by atoms with Crippen LogP contribution in [-0.4, -0.2) is 32.1 Å². The van der Waals surface area contributed by atoms with Crippen LogP contribution in [0.1, 0.15) is 25.7 Å². The second-order valence-corrected chi connectivity index (χ2v) is 5.96. The van der Waals surface area contributed by atoms with Crippen molar-refractivity contribution in [1.82, 2.24) is 9.38 Å². The zero-order valence-electron chi connectivity index (χ0n) is 10.9. The van der Waals surface area contributed by atoms with E-state index in [1.54, 1.807) is 11.6 Å². The molecule has 7 nitrogen and oxygen atoms in total. The first kappa shape index (κ1) is 13.3. The summed E-state index contributed by atoms with van der Waals surface area (Å²) in [6, 6.07) is 0. The molecule has 2 heterocycles. The Balaban J connectivity index is 1.75. The van der Waals surface area contributed by atoms with E-state index < -0.39 is 11.0 Å². The number of nitrogens with zero attached hydrogens (tertiary/aromatic N) is 3. The van der Waals surface area contributed by atoms with E-state index in [0.717, 1.165) is 25.7 Å². The molecule has 2 aromatic heterocycles. The molecule has 0 aliphatic heterocycles. The highest BCUT2D eigenvalue weighted by Crippen LogP contribution is 2.30. The number of nitrogens with one attached hydrogen (secondary N) is 1. The summed E-state index contributed by atoms with van der Waals surface area (Å²) in [4.78, 5) is 15.5. The van der Waals surface area contributed by atoms with E-state index in [-0.39, 0.29) is 11.6 Å². The lowest BCUT2D eigenvalue weighted by Gasteiger charge is -2.17. The van der Waals surface area contributed by atoms with E-state index in [2.05, 4.69) is 10.3 Å². The molecule has 1 saturated carbocycles. The molecule has 20 heavy (non-hydrogen) atoms. The molecule has 0 bridgehead atoms. The summed E-state index contributed by atoms with van der Waals surface area (Å²) in [7, 11) is 0. The molecular weight excluding hydrogens is 280 g/mol. The Morgan fingerprint density at radius 1 is 1.60 bits per heavy atom. The molecule has 1 atom stereocenters. The summed E-state index contributed by atoms with van der Waals surface area (Å²) in [5.74, 6) is 0.462. The summed E-state index contributed by atoms with van der Waals surface area (Å²) in [5.41, 5.74) is 0. The largest absolute Gasteiger partial charge is 0.391 e. The van der Waals surface area contributed by atoms with Gasteiger partial charge in [-0.05, 0) is 23.7 Å². The zero-order valence-corrected chi connectivity index (χ0v) is 11.7. The average molecular weight is 296 g/mol. The van der Waals surface area contributed by atoms with Crippen LogP contribution < -0.4 is 5.32 Å². The SMILES string of the molecule is O=[N+]([O-])c1c(NCC(O)C2CCCC2)nc2sccn12. The molecule has 3 rings (SSSR count). The molecule has 8 heteroatoms. The molecule has 0 spiro atoms. The van der Waals surface area contributed by atoms with Crippen LogP contribution in [0.5, 0.6) is 0 Å². The van der Waals surface area contributed by atoms with Crippen LogP contribution in [0.25, 0.3) is 4.96 Å². The van der Waals surface area contributed by atoms with Crippen molar-refractivity contribution in [1.29, 1.82) is 0 Å². The Kier molecular flexibility index (Phi) is 3.58. The monoisotopic (exact) mass is 296 g/mol. The number of thiazole rings is 1. The van der Waals surface area contributed by atoms with Crippen LogP contribution in [0.15, 0.2) is 11.6 Å². The molecule has 108 valence electrons. The van der Waals surface area contributed by atoms with Crippen molar-refractivity contribution in [3.05, 3.63) is 21.7 Å². The van der Waals surface area contributed by atoms with Crippen LogP contribution in [0, 0.1) is 16.0 Å². The molecule has 0 aromatic carbocycles. The first-order valence-electron chi connectivity index (χ1n) is 6.68. The number of fused-ring (bicyclic) bond motifs is 1. The van der Waals surface area contributed by atoms with Crippen molar-refractivity contribution in [2.75, 3.05) is 11.9 Å². The Bertz CT molecular complexity index is 617. The molecule has 0 radical (unpaired) electrons. The third-order valence-electron chi connectivity index (χ3n) is 3.83. The van der Waals surface area contributed by atoms with E-state index in [0.29, 0.717) is 17.4 Å². The number of hydrogen-bond acceptors (Lipinski definition) is 6. The molecule has 2 aromatic rings. The van der Waals surface area contributed by atoms with E-state index in [4.69, 9.17) is 0 Å². The molecular formula is C12H16N4O3S. The number of nitro groups is 1. The summed E-state index contributed by atoms with van der Waals surface area (Å²) in [6.07, 6.45) is 5.53. The highest BCUT2D eigenvalue weighted by molar-refractivity contribution is 7.15. The Labute approximate surface area is 119 Å². The van der Waals surface area contributed by atoms with Gasteiger partial charge in [-0.1, -0.05) is 24.2 Å². The Hall–Kier alpha value is -1.67. The van der Waals surface area contributed by atoms with Crippen molar-refractivity contribution in [2.24, 2.45) is 5.92 Å². The fraction of sp³-hybridized carbons (Fsp3) is 0.583. The average Bonchev–Trinajstić information content (AvgIpc) is 3.10. The van der Waals surface area contributed by atoms with Gasteiger partial charge >= 0.3 is 5.82 Å². The van der Waals surface area contributed by atoms with Crippen molar-refractivity contribution in [3.8, 4) is 0 Å². The van der Waals surface area contributed by atoms with Gasteiger partial charge in [-0.2, -0.15) is 9.38 Å². The number of imidazole rings is 1. The third kappa shape index (κ3) is 2.36. The van der Waals surface area contributed by atoms with E-state index >= 15 is 0 Å². The van der Waals surface area contributed by atoms with Gasteiger partial charge in [0.05, 0.1) is 6.10 Å². The zero-order chi connectivity index (χ0) is 14.1. The first-order valence-corrected chi connectivity index (χ1v) is 7.56. The molecule has 0 saturated heterocycles. The fourth-order valence-electron chi connectivity index (χ4n) is 2.78. The predicted octanol–water partition coefficient (Wildman–Crippen LogP) is 2.27. The van der Waals surface area contributed by atoms with E-state index in [9.17, 15) is 15.2 Å². The number of rotatable bonds is 5. The number of aromatic nitrogens is 2. The maximum Gasteiger partial charge on any atom is 0.372 e. The second kappa shape index (κ2) is 5.37. The maximum absolute atomic E-state index is 11.1. The molecule has 1 fully saturated rings. The fourth-order valence-corrected chi connectivity index (χ4v) is 3.49. The normalized spacial score (nSPS) is 17.6. The first-order chi connectivity index (χ1) is 9.66. The lowest BCUT2D eigenvalue weighted by molar-refractivity contribution is -0.389. The Morgan fingerprint density at radius 2 is 2.35 bits per heavy atom. The van der Waals surface area contributed by atoms with Crippen molar-refractivity contribution >= 4 is 27.9 Å². The lowest BCUT2D eigenvalue weighted by Crippen LogP contribution is -2.27. The van der Waals surface area contributed by atoms with Gasteiger partial charge in [-0.15, -0.1) is 0 Å². The van der Waals surface area contributed by atoms with Gasteiger partial charge in [-0.25, -0.2) is 0 Å². The van der Waals surface area contributed by atoms with Gasteiger partial charge in [0.2, 0.25) is 5.82 Å². The van der Waals surface area contributed by atoms with Crippen LogP contribution in [0.3, 0.4) is 0 Å². The summed E-state index contributed by atoms with van der Waals surface area (Å²) < 4.78 is 1.45. The standard InChI is InChI=1S/C12H16N4O3S/c17-9(8-3-1-2-4-8)7-13-10-11(16(18)19)15-5-6-20-12(15)14-10/h5-6,8-9,13,17H,1-4,7H2. The minimum absolute atomic E-state index is 0.0696. The van der Waals surface area contributed by atoms with Gasteiger partial charge in [0, 0.05) is 11.9 Å². The van der Waals surface area contributed by atoms with Crippen LogP contribution in [0.4, 0.5) is 11.6 Å². The molecule has 1 aliphatic carbocycles. The molecule has 0 amide bonds. The number of aliphatic hydroxyl groups is 1. The summed E-state index contributed by atoms with van der Waals surface area (Å²) >= 11 is 1.34. The van der Waals surface area contributed by atoms with E-state index in [1.165, 1.54) is 15.7 Å². The molecule has 1 aliphatic rings. The predicted molar refractivity (Wildman–Crippen MR) is 76.2 cm³/mol. The van der Waals surface area contributed by atoms with Gasteiger partial charge in [0.15, 0.2) is 0 Å². The maximum atomic E-state index is 11.1. The summed E-state index contributed by atoms with van der Waals surface area (Å²) in [5, 5.41) is 25.9. The smallest absolute Gasteiger partial charge is 0.372 e.